The minimum Gasteiger partial charge on any atom is -0.330 e. The first-order chi connectivity index (χ1) is 11.4. The maximum absolute atomic E-state index is 12.6. The summed E-state index contributed by atoms with van der Waals surface area (Å²) in [5.74, 6) is -0.853. The fourth-order valence-electron chi connectivity index (χ4n) is 1.96. The Balaban J connectivity index is 3.24. The summed E-state index contributed by atoms with van der Waals surface area (Å²) in [6.07, 6.45) is 4.51. The summed E-state index contributed by atoms with van der Waals surface area (Å²) in [5.41, 5.74) is 0.345. The first-order valence-corrected chi connectivity index (χ1v) is 7.13. The fraction of sp³-hybridized carbons (Fsp3) is 0.176. The summed E-state index contributed by atoms with van der Waals surface area (Å²) >= 11 is 0. The second kappa shape index (κ2) is 9.04. The third-order valence-electron chi connectivity index (χ3n) is 2.92. The van der Waals surface area contributed by atoms with Crippen LogP contribution >= 0.6 is 0 Å². The SMILES string of the molecule is C=CCN(CC=C)C(=O)/C(=C/c1cccc([N+](=O)[O-])c1)NC(C)=O. The molecule has 24 heavy (non-hydrogen) atoms. The Hall–Kier alpha value is -3.22. The Kier molecular flexibility index (Phi) is 7.09. The lowest BCUT2D eigenvalue weighted by atomic mass is 10.1. The van der Waals surface area contributed by atoms with Gasteiger partial charge in [0.1, 0.15) is 5.70 Å². The zero-order valence-electron chi connectivity index (χ0n) is 13.4. The third-order valence-corrected chi connectivity index (χ3v) is 2.92. The monoisotopic (exact) mass is 329 g/mol. The van der Waals surface area contributed by atoms with Crippen LogP contribution in [0.1, 0.15) is 12.5 Å². The lowest BCUT2D eigenvalue weighted by Gasteiger charge is -2.21. The van der Waals surface area contributed by atoms with E-state index < -0.39 is 16.7 Å². The van der Waals surface area contributed by atoms with Crippen molar-refractivity contribution >= 4 is 23.6 Å². The molecule has 0 unspecified atom stereocenters. The van der Waals surface area contributed by atoms with E-state index in [-0.39, 0.29) is 24.5 Å². The van der Waals surface area contributed by atoms with E-state index in [9.17, 15) is 19.7 Å². The van der Waals surface area contributed by atoms with Crippen LogP contribution in [0.4, 0.5) is 5.69 Å². The Morgan fingerprint density at radius 2 is 1.92 bits per heavy atom. The Labute approximate surface area is 140 Å². The van der Waals surface area contributed by atoms with E-state index in [1.54, 1.807) is 18.2 Å². The van der Waals surface area contributed by atoms with E-state index in [1.165, 1.54) is 36.1 Å². The van der Waals surface area contributed by atoms with Gasteiger partial charge < -0.3 is 10.2 Å². The first-order valence-electron chi connectivity index (χ1n) is 7.13. The number of benzene rings is 1. The number of nitro groups is 1. The Morgan fingerprint density at radius 1 is 1.29 bits per heavy atom. The van der Waals surface area contributed by atoms with E-state index in [0.29, 0.717) is 5.56 Å². The number of hydrogen-bond acceptors (Lipinski definition) is 4. The van der Waals surface area contributed by atoms with Gasteiger partial charge >= 0.3 is 0 Å². The van der Waals surface area contributed by atoms with Gasteiger partial charge in [0.25, 0.3) is 11.6 Å². The van der Waals surface area contributed by atoms with Gasteiger partial charge in [0, 0.05) is 32.1 Å². The molecule has 7 heteroatoms. The molecule has 0 aliphatic heterocycles. The molecule has 0 atom stereocenters. The van der Waals surface area contributed by atoms with Crippen LogP contribution in [0.3, 0.4) is 0 Å². The summed E-state index contributed by atoms with van der Waals surface area (Å²) in [4.78, 5) is 35.7. The summed E-state index contributed by atoms with van der Waals surface area (Å²) in [5, 5.41) is 13.3. The molecule has 0 saturated heterocycles. The number of carbonyl (C=O) groups is 2. The van der Waals surface area contributed by atoms with Gasteiger partial charge in [-0.15, -0.1) is 13.2 Å². The predicted molar refractivity (Wildman–Crippen MR) is 91.9 cm³/mol. The van der Waals surface area contributed by atoms with Gasteiger partial charge in [-0.3, -0.25) is 19.7 Å². The van der Waals surface area contributed by atoms with Gasteiger partial charge in [-0.1, -0.05) is 24.3 Å². The predicted octanol–water partition coefficient (Wildman–Crippen LogP) is 2.27. The maximum Gasteiger partial charge on any atom is 0.270 e. The van der Waals surface area contributed by atoms with E-state index in [2.05, 4.69) is 18.5 Å². The molecule has 1 aromatic carbocycles. The molecule has 1 aromatic rings. The highest BCUT2D eigenvalue weighted by Gasteiger charge is 2.18. The molecule has 1 rings (SSSR count). The maximum atomic E-state index is 12.6. The molecule has 126 valence electrons. The summed E-state index contributed by atoms with van der Waals surface area (Å²) in [6, 6.07) is 5.78. The molecular weight excluding hydrogens is 310 g/mol. The van der Waals surface area contributed by atoms with Crippen molar-refractivity contribution in [1.29, 1.82) is 0 Å². The zero-order chi connectivity index (χ0) is 18.1. The molecule has 0 saturated carbocycles. The number of non-ortho nitro benzene ring substituents is 1. The number of hydrogen-bond donors (Lipinski definition) is 1. The van der Waals surface area contributed by atoms with Crippen molar-refractivity contribution in [2.75, 3.05) is 13.1 Å². The van der Waals surface area contributed by atoms with Crippen molar-refractivity contribution in [2.45, 2.75) is 6.92 Å². The smallest absolute Gasteiger partial charge is 0.270 e. The highest BCUT2D eigenvalue weighted by atomic mass is 16.6. The van der Waals surface area contributed by atoms with Crippen molar-refractivity contribution in [3.05, 3.63) is 71.0 Å². The molecule has 0 fully saturated rings. The van der Waals surface area contributed by atoms with Crippen molar-refractivity contribution < 1.29 is 14.5 Å². The van der Waals surface area contributed by atoms with Gasteiger partial charge in [-0.2, -0.15) is 0 Å². The largest absolute Gasteiger partial charge is 0.330 e. The second-order valence-corrected chi connectivity index (χ2v) is 4.88. The summed E-state index contributed by atoms with van der Waals surface area (Å²) in [6.45, 7) is 9.01. The number of nitrogens with zero attached hydrogens (tertiary/aromatic N) is 2. The lowest BCUT2D eigenvalue weighted by Crippen LogP contribution is -2.38. The first kappa shape index (κ1) is 18.8. The van der Waals surface area contributed by atoms with E-state index in [1.807, 2.05) is 0 Å². The molecule has 7 nitrogen and oxygen atoms in total. The van der Waals surface area contributed by atoms with Crippen LogP contribution in [0, 0.1) is 10.1 Å². The average Bonchev–Trinajstić information content (AvgIpc) is 2.53. The quantitative estimate of drug-likeness (QED) is 0.343. The Bertz CT molecular complexity index is 685. The van der Waals surface area contributed by atoms with E-state index in [0.717, 1.165) is 0 Å². The standard InChI is InChI=1S/C17H19N3O4/c1-4-9-19(10-5-2)17(22)16(18-13(3)21)12-14-7-6-8-15(11-14)20(23)24/h4-8,11-12H,1-2,9-10H2,3H3,(H,18,21)/b16-12-. The molecule has 0 spiro atoms. The number of rotatable bonds is 8. The second-order valence-electron chi connectivity index (χ2n) is 4.88. The van der Waals surface area contributed by atoms with Gasteiger partial charge in [0.15, 0.2) is 0 Å². The zero-order valence-corrected chi connectivity index (χ0v) is 13.4. The molecule has 0 radical (unpaired) electrons. The highest BCUT2D eigenvalue weighted by Crippen LogP contribution is 2.16. The molecule has 1 N–H and O–H groups in total. The van der Waals surface area contributed by atoms with Crippen molar-refractivity contribution in [2.24, 2.45) is 0 Å². The summed E-state index contributed by atoms with van der Waals surface area (Å²) < 4.78 is 0. The number of nitro benzene ring substituents is 1. The molecular formula is C17H19N3O4. The van der Waals surface area contributed by atoms with Gasteiger partial charge in [0.05, 0.1) is 4.92 Å². The molecule has 2 amide bonds. The van der Waals surface area contributed by atoms with Crippen LogP contribution < -0.4 is 5.32 Å². The highest BCUT2D eigenvalue weighted by molar-refractivity contribution is 6.01. The summed E-state index contributed by atoms with van der Waals surface area (Å²) in [7, 11) is 0. The minimum absolute atomic E-state index is 0.0201. The minimum atomic E-state index is -0.529. The number of amides is 2. The number of nitrogens with one attached hydrogen (secondary N) is 1. The molecule has 0 aromatic heterocycles. The lowest BCUT2D eigenvalue weighted by molar-refractivity contribution is -0.384. The van der Waals surface area contributed by atoms with Crippen molar-refractivity contribution in [3.8, 4) is 0 Å². The van der Waals surface area contributed by atoms with Crippen LogP contribution in [-0.2, 0) is 9.59 Å². The third kappa shape index (κ3) is 5.53. The topological polar surface area (TPSA) is 92.6 Å². The van der Waals surface area contributed by atoms with Crippen molar-refractivity contribution in [3.63, 3.8) is 0 Å². The molecule has 0 heterocycles. The Morgan fingerprint density at radius 3 is 2.42 bits per heavy atom. The number of carbonyl (C=O) groups excluding carboxylic acids is 2. The van der Waals surface area contributed by atoms with Gasteiger partial charge in [0.2, 0.25) is 5.91 Å². The van der Waals surface area contributed by atoms with Crippen LogP contribution in [-0.4, -0.2) is 34.7 Å². The molecule has 0 aliphatic carbocycles. The fourth-order valence-corrected chi connectivity index (χ4v) is 1.96. The molecule has 0 aliphatic rings. The van der Waals surface area contributed by atoms with Crippen LogP contribution in [0.15, 0.2) is 55.3 Å². The average molecular weight is 329 g/mol. The van der Waals surface area contributed by atoms with Crippen molar-refractivity contribution in [1.82, 2.24) is 10.2 Å². The van der Waals surface area contributed by atoms with Crippen LogP contribution in [0.25, 0.3) is 6.08 Å². The van der Waals surface area contributed by atoms with E-state index in [4.69, 9.17) is 0 Å². The van der Waals surface area contributed by atoms with Gasteiger partial charge in [-0.05, 0) is 11.6 Å². The molecule has 0 bridgehead atoms. The van der Waals surface area contributed by atoms with E-state index >= 15 is 0 Å². The van der Waals surface area contributed by atoms with Crippen LogP contribution in [0.2, 0.25) is 0 Å². The van der Waals surface area contributed by atoms with Gasteiger partial charge in [-0.25, -0.2) is 0 Å². The normalized spacial score (nSPS) is 10.6. The van der Waals surface area contributed by atoms with Crippen LogP contribution in [0.5, 0.6) is 0 Å².